The van der Waals surface area contributed by atoms with Crippen LogP contribution in [-0.2, 0) is 5.41 Å². The van der Waals surface area contributed by atoms with Gasteiger partial charge in [0.15, 0.2) is 0 Å². The first-order chi connectivity index (χ1) is 31.3. The predicted octanol–water partition coefficient (Wildman–Crippen LogP) is 15.2. The van der Waals surface area contributed by atoms with Crippen LogP contribution >= 0.6 is 0 Å². The molecule has 2 heteroatoms. The van der Waals surface area contributed by atoms with Gasteiger partial charge in [-0.3, -0.25) is 0 Å². The van der Waals surface area contributed by atoms with Crippen LogP contribution in [0.1, 0.15) is 79.2 Å². The summed E-state index contributed by atoms with van der Waals surface area (Å²) < 4.78 is 2.50. The topological polar surface area (TPSA) is 8.17 Å². The predicted molar refractivity (Wildman–Crippen MR) is 264 cm³/mol. The van der Waals surface area contributed by atoms with Crippen LogP contribution in [0.4, 0.5) is 5.69 Å². The minimum Gasteiger partial charge on any atom is -0.337 e. The summed E-state index contributed by atoms with van der Waals surface area (Å²) in [5, 5.41) is 2.65. The Bertz CT molecular complexity index is 3300. The van der Waals surface area contributed by atoms with Gasteiger partial charge in [-0.05, 0) is 161 Å². The van der Waals surface area contributed by atoms with Gasteiger partial charge in [0, 0.05) is 39.3 Å². The molecule has 5 aromatic carbocycles. The summed E-state index contributed by atoms with van der Waals surface area (Å²) in [7, 11) is 0. The van der Waals surface area contributed by atoms with Crippen LogP contribution in [0, 0.1) is 5.92 Å². The highest BCUT2D eigenvalue weighted by atomic mass is 15.2. The monoisotopic (exact) mass is 808 g/mol. The molecule has 63 heavy (non-hydrogen) atoms. The smallest absolute Gasteiger partial charge is 0.0629 e. The Kier molecular flexibility index (Phi) is 7.67. The molecule has 302 valence electrons. The number of anilines is 1. The third-order valence-corrected chi connectivity index (χ3v) is 15.9. The Morgan fingerprint density at radius 1 is 0.508 bits per heavy atom. The zero-order valence-corrected chi connectivity index (χ0v) is 35.5. The average Bonchev–Trinajstić information content (AvgIpc) is 4.06. The van der Waals surface area contributed by atoms with Gasteiger partial charge in [0.1, 0.15) is 0 Å². The second-order valence-electron chi connectivity index (χ2n) is 18.8. The molecule has 1 aliphatic heterocycles. The summed E-state index contributed by atoms with van der Waals surface area (Å²) in [5.74, 6) is 0.386. The SMILES string of the molecule is C1=CCC2C(=C1)C1=C(C=CCC1)C21c2cc(C3=CC=C(N4c5ccccc5C5=CC=CC[C@@H]54)CC3)ccc2-c2ccc(C3=CC=C(n4c5ccccc5c5ccccc54)CC3)cc21. The third kappa shape index (κ3) is 4.95. The molecule has 0 saturated carbocycles. The normalized spacial score (nSPS) is 23.7. The summed E-state index contributed by atoms with van der Waals surface area (Å²) in [6.07, 6.45) is 37.3. The second kappa shape index (κ2) is 13.5. The molecule has 2 unspecified atom stereocenters. The van der Waals surface area contributed by atoms with Gasteiger partial charge in [0.05, 0.1) is 22.5 Å². The Morgan fingerprint density at radius 2 is 1.14 bits per heavy atom. The van der Waals surface area contributed by atoms with Gasteiger partial charge in [-0.25, -0.2) is 0 Å². The maximum absolute atomic E-state index is 2.64. The summed E-state index contributed by atoms with van der Waals surface area (Å²) in [5.41, 5.74) is 25.6. The first-order valence-corrected chi connectivity index (χ1v) is 23.4. The van der Waals surface area contributed by atoms with Gasteiger partial charge in [-0.1, -0.05) is 140 Å². The Morgan fingerprint density at radius 3 is 1.84 bits per heavy atom. The van der Waals surface area contributed by atoms with Crippen molar-refractivity contribution in [2.24, 2.45) is 5.92 Å². The summed E-state index contributed by atoms with van der Waals surface area (Å²) in [4.78, 5) is 2.64. The molecule has 2 nitrogen and oxygen atoms in total. The minimum atomic E-state index is -0.217. The number of fused-ring (bicyclic) bond motifs is 15. The summed E-state index contributed by atoms with van der Waals surface area (Å²) in [6.45, 7) is 0. The lowest BCUT2D eigenvalue weighted by Crippen LogP contribution is -2.34. The molecule has 0 bridgehead atoms. The van der Waals surface area contributed by atoms with Gasteiger partial charge in [0.25, 0.3) is 0 Å². The van der Waals surface area contributed by atoms with Crippen LogP contribution in [0.25, 0.3) is 55.3 Å². The van der Waals surface area contributed by atoms with Crippen molar-refractivity contribution in [1.82, 2.24) is 4.57 Å². The van der Waals surface area contributed by atoms with Crippen molar-refractivity contribution >= 4 is 49.9 Å². The molecule has 0 radical (unpaired) electrons. The number of para-hydroxylation sites is 3. The molecule has 7 aliphatic carbocycles. The van der Waals surface area contributed by atoms with Crippen molar-refractivity contribution in [3.05, 3.63) is 232 Å². The fourth-order valence-corrected chi connectivity index (χ4v) is 13.2. The number of aromatic nitrogens is 1. The highest BCUT2D eigenvalue weighted by molar-refractivity contribution is 6.10. The highest BCUT2D eigenvalue weighted by Crippen LogP contribution is 2.66. The van der Waals surface area contributed by atoms with Crippen molar-refractivity contribution in [3.63, 3.8) is 0 Å². The van der Waals surface area contributed by atoms with E-state index in [0.717, 1.165) is 51.4 Å². The molecule has 0 N–H and O–H groups in total. The van der Waals surface area contributed by atoms with Crippen molar-refractivity contribution in [2.75, 3.05) is 4.90 Å². The Hall–Kier alpha value is -6.90. The van der Waals surface area contributed by atoms with Gasteiger partial charge < -0.3 is 9.47 Å². The number of rotatable bonds is 4. The standard InChI is InChI=1S/C61H48N2/c1-7-19-53-45(13-1)46-14-2-8-20-54(46)61(53)55-37-41(39-25-31-43(32-26-39)62-57-21-9-3-15-49(57)50-16-4-10-22-58(50)62)29-35-47(55)48-36-30-42(38-56(48)61)40-27-33-44(34-28-40)63-59-23-11-5-17-51(59)52-18-6-12-24-60(52)63/h1,3-13,15-18,20-23,25,27,29-31,33,35-38,53,60H,2,14,19,24,26,28,32,34H2/t53?,60-,61?/m0/s1. The van der Waals surface area contributed by atoms with E-state index in [4.69, 9.17) is 0 Å². The molecule has 14 rings (SSSR count). The van der Waals surface area contributed by atoms with Crippen molar-refractivity contribution in [2.45, 2.75) is 62.8 Å². The van der Waals surface area contributed by atoms with Crippen LogP contribution in [0.3, 0.4) is 0 Å². The molecule has 0 amide bonds. The van der Waals surface area contributed by atoms with Gasteiger partial charge >= 0.3 is 0 Å². The molecule has 0 fully saturated rings. The van der Waals surface area contributed by atoms with Crippen LogP contribution in [0.15, 0.2) is 205 Å². The summed E-state index contributed by atoms with van der Waals surface area (Å²) >= 11 is 0. The van der Waals surface area contributed by atoms with E-state index in [1.807, 2.05) is 0 Å². The zero-order chi connectivity index (χ0) is 41.2. The molecule has 3 atom stereocenters. The fourth-order valence-electron chi connectivity index (χ4n) is 13.2. The van der Waals surface area contributed by atoms with Crippen LogP contribution in [-0.4, -0.2) is 10.6 Å². The molecular formula is C61H48N2. The van der Waals surface area contributed by atoms with Crippen LogP contribution < -0.4 is 4.90 Å². The zero-order valence-electron chi connectivity index (χ0n) is 35.5. The van der Waals surface area contributed by atoms with Crippen LogP contribution in [0.5, 0.6) is 0 Å². The van der Waals surface area contributed by atoms with E-state index in [9.17, 15) is 0 Å². The van der Waals surface area contributed by atoms with E-state index in [2.05, 4.69) is 192 Å². The van der Waals surface area contributed by atoms with Crippen molar-refractivity contribution in [3.8, 4) is 11.1 Å². The average molecular weight is 809 g/mol. The number of nitrogens with zero attached hydrogens (tertiary/aromatic N) is 2. The number of benzene rings is 5. The quantitative estimate of drug-likeness (QED) is 0.172. The first-order valence-electron chi connectivity index (χ1n) is 23.4. The molecule has 1 aromatic heterocycles. The number of allylic oxidation sites excluding steroid dienone is 18. The minimum absolute atomic E-state index is 0.217. The largest absolute Gasteiger partial charge is 0.337 e. The van der Waals surface area contributed by atoms with Crippen molar-refractivity contribution < 1.29 is 0 Å². The Balaban J connectivity index is 0.878. The Labute approximate surface area is 370 Å². The maximum atomic E-state index is 2.64. The highest BCUT2D eigenvalue weighted by Gasteiger charge is 2.57. The van der Waals surface area contributed by atoms with E-state index >= 15 is 0 Å². The maximum Gasteiger partial charge on any atom is 0.0629 e. The van der Waals surface area contributed by atoms with E-state index in [-0.39, 0.29) is 5.41 Å². The van der Waals surface area contributed by atoms with Gasteiger partial charge in [-0.2, -0.15) is 0 Å². The lowest BCUT2D eigenvalue weighted by molar-refractivity contribution is 0.464. The van der Waals surface area contributed by atoms with Crippen molar-refractivity contribution in [1.29, 1.82) is 0 Å². The molecule has 1 spiro atoms. The van der Waals surface area contributed by atoms with E-state index in [1.54, 1.807) is 16.7 Å². The second-order valence-corrected chi connectivity index (χ2v) is 18.8. The third-order valence-electron chi connectivity index (χ3n) is 15.9. The molecule has 6 aromatic rings. The lowest BCUT2D eigenvalue weighted by atomic mass is 9.63. The number of hydrogen-bond acceptors (Lipinski definition) is 1. The first kappa shape index (κ1) is 35.7. The molecule has 0 saturated heterocycles. The molecule has 8 aliphatic rings. The summed E-state index contributed by atoms with van der Waals surface area (Å²) in [6, 6.07) is 42.2. The molecule has 2 heterocycles. The van der Waals surface area contributed by atoms with Gasteiger partial charge in [-0.15, -0.1) is 0 Å². The van der Waals surface area contributed by atoms with E-state index in [0.29, 0.717) is 12.0 Å². The molecular weight excluding hydrogens is 761 g/mol. The van der Waals surface area contributed by atoms with Crippen LogP contribution in [0.2, 0.25) is 0 Å². The lowest BCUT2D eigenvalue weighted by Gasteiger charge is -2.38. The number of hydrogen-bond donors (Lipinski definition) is 0. The van der Waals surface area contributed by atoms with Gasteiger partial charge in [0.2, 0.25) is 0 Å². The fraction of sp³-hybridized carbons (Fsp3) is 0.180. The van der Waals surface area contributed by atoms with E-state index in [1.165, 1.54) is 94.6 Å². The van der Waals surface area contributed by atoms with E-state index < -0.39 is 0 Å².